The molecule has 0 spiro atoms. The molecule has 0 aromatic heterocycles. The Morgan fingerprint density at radius 1 is 0.686 bits per heavy atom. The third kappa shape index (κ3) is 13.2. The Bertz CT molecular complexity index is 742. The third-order valence-electron chi connectivity index (χ3n) is 6.16. The number of hydrogen-bond acceptors (Lipinski definition) is 4. The molecule has 0 atom stereocenters. The van der Waals surface area contributed by atoms with Crippen molar-refractivity contribution >= 4 is 46.7 Å². The fourth-order valence-electron chi connectivity index (χ4n) is 3.75. The topological polar surface area (TPSA) is 52.6 Å². The maximum atomic E-state index is 12.6. The van der Waals surface area contributed by atoms with E-state index < -0.39 is 17.4 Å². The van der Waals surface area contributed by atoms with Gasteiger partial charge >= 0.3 is 11.9 Å². The van der Waals surface area contributed by atoms with Crippen molar-refractivity contribution < 1.29 is 19.1 Å². The van der Waals surface area contributed by atoms with Crippen LogP contribution in [0.4, 0.5) is 0 Å². The molecule has 0 radical (unpaired) electrons. The Labute approximate surface area is 227 Å². The van der Waals surface area contributed by atoms with E-state index in [1.165, 1.54) is 103 Å². The molecule has 0 aliphatic rings. The lowest BCUT2D eigenvalue weighted by atomic mass is 9.94. The number of halogens is 3. The third-order valence-corrected chi connectivity index (χ3v) is 6.94. The number of benzene rings is 1. The number of rotatable bonds is 19. The molecule has 200 valence electrons. The van der Waals surface area contributed by atoms with Crippen molar-refractivity contribution in [1.29, 1.82) is 0 Å². The van der Waals surface area contributed by atoms with E-state index >= 15 is 0 Å². The lowest BCUT2D eigenvalue weighted by Crippen LogP contribution is -2.38. The maximum Gasteiger partial charge on any atom is 0.328 e. The van der Waals surface area contributed by atoms with Crippen LogP contribution in [0.5, 0.6) is 5.75 Å². The van der Waals surface area contributed by atoms with E-state index in [0.717, 1.165) is 19.3 Å². The zero-order valence-electron chi connectivity index (χ0n) is 21.7. The molecular weight excluding hydrogens is 507 g/mol. The molecule has 0 aliphatic heterocycles. The minimum Gasteiger partial charge on any atom is -0.465 e. The van der Waals surface area contributed by atoms with Gasteiger partial charge in [-0.1, -0.05) is 132 Å². The monoisotopic (exact) mass is 548 g/mol. The van der Waals surface area contributed by atoms with Crippen molar-refractivity contribution in [1.82, 2.24) is 0 Å². The van der Waals surface area contributed by atoms with Crippen LogP contribution in [0.1, 0.15) is 117 Å². The van der Waals surface area contributed by atoms with Crippen molar-refractivity contribution in [3.63, 3.8) is 0 Å². The van der Waals surface area contributed by atoms with Gasteiger partial charge in [-0.15, -0.1) is 0 Å². The van der Waals surface area contributed by atoms with E-state index in [1.54, 1.807) is 0 Å². The number of hydrogen-bond donors (Lipinski definition) is 0. The van der Waals surface area contributed by atoms with Crippen LogP contribution in [0.3, 0.4) is 0 Å². The smallest absolute Gasteiger partial charge is 0.328 e. The molecule has 1 aromatic carbocycles. The summed E-state index contributed by atoms with van der Waals surface area (Å²) in [7, 11) is 0. The molecule has 7 heteroatoms. The summed E-state index contributed by atoms with van der Waals surface area (Å²) in [6.45, 7) is 5.47. The molecule has 0 saturated heterocycles. The fraction of sp³-hybridized carbons (Fsp3) is 0.714. The highest BCUT2D eigenvalue weighted by molar-refractivity contribution is 6.40. The van der Waals surface area contributed by atoms with Crippen LogP contribution in [0, 0.1) is 5.41 Å². The van der Waals surface area contributed by atoms with Gasteiger partial charge < -0.3 is 9.47 Å². The first-order valence-electron chi connectivity index (χ1n) is 13.2. The molecule has 1 rings (SSSR count). The van der Waals surface area contributed by atoms with Crippen molar-refractivity contribution in [3.8, 4) is 5.75 Å². The molecular formula is C28H43Cl3O4. The van der Waals surface area contributed by atoms with E-state index in [4.69, 9.17) is 44.3 Å². The predicted octanol–water partition coefficient (Wildman–Crippen LogP) is 9.99. The molecule has 0 amide bonds. The summed E-state index contributed by atoms with van der Waals surface area (Å²) in [6, 6.07) is 2.83. The van der Waals surface area contributed by atoms with Gasteiger partial charge in [0.05, 0.1) is 16.7 Å². The second-order valence-electron chi connectivity index (χ2n) is 9.80. The average Bonchev–Trinajstić information content (AvgIpc) is 2.80. The Kier molecular flexibility index (Phi) is 16.8. The summed E-state index contributed by atoms with van der Waals surface area (Å²) in [5, 5.41) is 0.512. The van der Waals surface area contributed by atoms with Crippen LogP contribution in [0.25, 0.3) is 0 Å². The lowest BCUT2D eigenvalue weighted by molar-refractivity contribution is -0.164. The Morgan fingerprint density at radius 2 is 1.09 bits per heavy atom. The molecule has 0 unspecified atom stereocenters. The Balaban J connectivity index is 2.11. The molecule has 0 heterocycles. The average molecular weight is 550 g/mol. The van der Waals surface area contributed by atoms with Crippen LogP contribution in [0.15, 0.2) is 12.1 Å². The maximum absolute atomic E-state index is 12.6. The Hall–Kier alpha value is -0.970. The van der Waals surface area contributed by atoms with Gasteiger partial charge in [0.15, 0.2) is 11.2 Å². The van der Waals surface area contributed by atoms with Crippen molar-refractivity contribution in [3.05, 3.63) is 27.2 Å². The van der Waals surface area contributed by atoms with Crippen LogP contribution < -0.4 is 4.74 Å². The summed E-state index contributed by atoms with van der Waals surface area (Å²) in [4.78, 5) is 25.0. The molecule has 35 heavy (non-hydrogen) atoms. The first kappa shape index (κ1) is 32.1. The largest absolute Gasteiger partial charge is 0.465 e. The minimum atomic E-state index is -1.48. The molecule has 4 nitrogen and oxygen atoms in total. The van der Waals surface area contributed by atoms with Crippen LogP contribution in [-0.2, 0) is 14.3 Å². The van der Waals surface area contributed by atoms with Crippen LogP contribution in [0.2, 0.25) is 15.1 Å². The van der Waals surface area contributed by atoms with E-state index in [-0.39, 0.29) is 22.4 Å². The van der Waals surface area contributed by atoms with Gasteiger partial charge in [-0.3, -0.25) is 9.59 Å². The predicted molar refractivity (Wildman–Crippen MR) is 147 cm³/mol. The lowest BCUT2D eigenvalue weighted by Gasteiger charge is -2.21. The van der Waals surface area contributed by atoms with E-state index in [9.17, 15) is 9.59 Å². The summed E-state index contributed by atoms with van der Waals surface area (Å²) in [6.07, 6.45) is 19.1. The van der Waals surface area contributed by atoms with E-state index in [1.807, 2.05) is 0 Å². The molecule has 0 saturated carbocycles. The Morgan fingerprint density at radius 3 is 1.51 bits per heavy atom. The quantitative estimate of drug-likeness (QED) is 0.0745. The molecule has 0 fully saturated rings. The van der Waals surface area contributed by atoms with E-state index in [2.05, 4.69) is 6.92 Å². The van der Waals surface area contributed by atoms with Gasteiger partial charge in [-0.2, -0.15) is 0 Å². The van der Waals surface area contributed by atoms with Crippen LogP contribution >= 0.6 is 34.8 Å². The fourth-order valence-corrected chi connectivity index (χ4v) is 4.64. The van der Waals surface area contributed by atoms with Gasteiger partial charge in [0.25, 0.3) is 0 Å². The zero-order valence-corrected chi connectivity index (χ0v) is 24.0. The highest BCUT2D eigenvalue weighted by Crippen LogP contribution is 2.37. The first-order valence-corrected chi connectivity index (χ1v) is 14.4. The first-order chi connectivity index (χ1) is 16.7. The normalized spacial score (nSPS) is 11.5. The van der Waals surface area contributed by atoms with E-state index in [0.29, 0.717) is 5.02 Å². The summed E-state index contributed by atoms with van der Waals surface area (Å²) in [5.41, 5.74) is -1.48. The highest BCUT2D eigenvalue weighted by Gasteiger charge is 2.40. The summed E-state index contributed by atoms with van der Waals surface area (Å²) < 4.78 is 10.6. The SMILES string of the molecule is CCCCCCCCCCCCCCCCCOC(=O)C(C)(C)C(=O)Oc1c(Cl)cc(Cl)cc1Cl. The molecule has 1 aromatic rings. The van der Waals surface area contributed by atoms with Gasteiger partial charge in [-0.05, 0) is 32.4 Å². The standard InChI is InChI=1S/C28H43Cl3O4/c1-4-5-6-7-8-9-10-11-12-13-14-15-16-17-18-19-34-26(32)28(2,3)27(33)35-25-23(30)20-22(29)21-24(25)31/h20-21H,4-19H2,1-3H3. The summed E-state index contributed by atoms with van der Waals surface area (Å²) in [5.74, 6) is -1.44. The summed E-state index contributed by atoms with van der Waals surface area (Å²) >= 11 is 18.0. The van der Waals surface area contributed by atoms with Crippen LogP contribution in [-0.4, -0.2) is 18.5 Å². The van der Waals surface area contributed by atoms with Gasteiger partial charge in [0.1, 0.15) is 0 Å². The second-order valence-corrected chi connectivity index (χ2v) is 11.0. The van der Waals surface area contributed by atoms with Gasteiger partial charge in [-0.25, -0.2) is 0 Å². The van der Waals surface area contributed by atoms with Gasteiger partial charge in [0, 0.05) is 5.02 Å². The van der Waals surface area contributed by atoms with Crippen molar-refractivity contribution in [2.24, 2.45) is 5.41 Å². The number of carbonyl (C=O) groups excluding carboxylic acids is 2. The molecule has 0 bridgehead atoms. The number of carbonyl (C=O) groups is 2. The highest BCUT2D eigenvalue weighted by atomic mass is 35.5. The zero-order chi connectivity index (χ0) is 26.1. The second kappa shape index (κ2) is 18.3. The minimum absolute atomic E-state index is 0.0222. The number of esters is 2. The van der Waals surface area contributed by atoms with Crippen molar-refractivity contribution in [2.45, 2.75) is 117 Å². The van der Waals surface area contributed by atoms with Gasteiger partial charge in [0.2, 0.25) is 0 Å². The number of unbranched alkanes of at least 4 members (excludes halogenated alkanes) is 14. The molecule has 0 N–H and O–H groups in total. The molecule has 0 aliphatic carbocycles. The van der Waals surface area contributed by atoms with Crippen molar-refractivity contribution in [2.75, 3.05) is 6.61 Å². The number of ether oxygens (including phenoxy) is 2.